The first kappa shape index (κ1) is 39.2. The molecule has 0 aliphatic rings. The summed E-state index contributed by atoms with van der Waals surface area (Å²) in [5.41, 5.74) is 2.61. The Labute approximate surface area is 257 Å². The van der Waals surface area contributed by atoms with Gasteiger partial charge in [-0.05, 0) is 36.4 Å². The van der Waals surface area contributed by atoms with Crippen LogP contribution < -0.4 is 37.3 Å². The molecule has 3 heterocycles. The average molecular weight is 667 g/mol. The van der Waals surface area contributed by atoms with Crippen LogP contribution in [-0.4, -0.2) is 77.8 Å². The third-order valence-corrected chi connectivity index (χ3v) is 4.37. The molecule has 0 spiro atoms. The first-order valence-corrected chi connectivity index (χ1v) is 14.1. The number of hydrogen-bond donors (Lipinski definition) is 0. The summed E-state index contributed by atoms with van der Waals surface area (Å²) in [6.07, 6.45) is 10.8. The Morgan fingerprint density at radius 2 is 0.786 bits per heavy atom. The van der Waals surface area contributed by atoms with E-state index in [1.807, 2.05) is 73.2 Å². The molecule has 0 atom stereocenters. The quantitative estimate of drug-likeness (QED) is 0.129. The Bertz CT molecular complexity index is 1010. The van der Waals surface area contributed by atoms with E-state index in [1.54, 1.807) is 18.6 Å². The van der Waals surface area contributed by atoms with Gasteiger partial charge in [0.1, 0.15) is 0 Å². The van der Waals surface area contributed by atoms with E-state index in [2.05, 4.69) is 34.8 Å². The summed E-state index contributed by atoms with van der Waals surface area (Å²) in [6.45, 7) is 4.60. The summed E-state index contributed by atoms with van der Waals surface area (Å²) in [5.74, 6) is 0. The normalized spacial score (nSPS) is 11.6. The maximum absolute atomic E-state index is 8.49. The number of nitrogens with zero attached hydrogens (tertiary/aromatic N) is 7. The minimum Gasteiger partial charge on any atom is -0.298 e. The molecule has 0 aromatic carbocycles. The second-order valence-corrected chi connectivity index (χ2v) is 8.98. The van der Waals surface area contributed by atoms with Crippen molar-refractivity contribution < 1.29 is 74.8 Å². The van der Waals surface area contributed by atoms with Crippen LogP contribution in [0.4, 0.5) is 0 Å². The zero-order chi connectivity index (χ0) is 30.4. The molecule has 0 fully saturated rings. The summed E-state index contributed by atoms with van der Waals surface area (Å²) in [4.78, 5) is 28.6. The van der Waals surface area contributed by atoms with Crippen LogP contribution in [0.5, 0.6) is 0 Å². The van der Waals surface area contributed by atoms with Gasteiger partial charge in [-0.25, -0.2) is 37.3 Å². The van der Waals surface area contributed by atoms with E-state index >= 15 is 0 Å². The standard InChI is InChI=1S/C24H27N7.2ClHO4.Mn/c1-4-10-28-22(7-1)19-25-13-16-31(17-14-26-20-23-8-2-5-11-29-23)18-15-27-21-24-9-3-6-12-30-24;2*2-1(3,4)5;/h1-12,19-21H,13-18H2;2*(H,2,3,4,5);/q;;;+2/p-2. The number of aromatic nitrogens is 3. The van der Waals surface area contributed by atoms with Crippen molar-refractivity contribution >= 4 is 18.6 Å². The Morgan fingerprint density at radius 1 is 0.524 bits per heavy atom. The largest absolute Gasteiger partial charge is 2.00 e. The second-order valence-electron chi connectivity index (χ2n) is 7.47. The molecule has 0 saturated carbocycles. The molecule has 3 aromatic heterocycles. The number of rotatable bonds is 12. The van der Waals surface area contributed by atoms with Gasteiger partial charge in [0.25, 0.3) is 0 Å². The van der Waals surface area contributed by atoms with E-state index in [0.717, 1.165) is 36.7 Å². The van der Waals surface area contributed by atoms with Crippen molar-refractivity contribution in [3.8, 4) is 0 Å². The first-order valence-electron chi connectivity index (χ1n) is 11.6. The molecule has 0 unspecified atom stereocenters. The van der Waals surface area contributed by atoms with Gasteiger partial charge in [0.15, 0.2) is 0 Å². The minimum atomic E-state index is -4.94. The molecule has 3 rings (SSSR count). The number of aliphatic imine (C=N–C) groups is 3. The summed E-state index contributed by atoms with van der Waals surface area (Å²) >= 11 is 0. The van der Waals surface area contributed by atoms with Crippen LogP contribution in [0.3, 0.4) is 0 Å². The van der Waals surface area contributed by atoms with Crippen molar-refractivity contribution in [3.63, 3.8) is 0 Å². The molecule has 0 bridgehead atoms. The van der Waals surface area contributed by atoms with Gasteiger partial charge in [-0.1, -0.05) is 18.2 Å². The molecule has 0 N–H and O–H groups in total. The van der Waals surface area contributed by atoms with Gasteiger partial charge in [0, 0.05) is 56.9 Å². The predicted molar refractivity (Wildman–Crippen MR) is 127 cm³/mol. The van der Waals surface area contributed by atoms with Gasteiger partial charge in [-0.15, -0.1) is 20.5 Å². The van der Waals surface area contributed by atoms with Crippen molar-refractivity contribution in [1.29, 1.82) is 0 Å². The van der Waals surface area contributed by atoms with Gasteiger partial charge in [0.2, 0.25) is 0 Å². The zero-order valence-electron chi connectivity index (χ0n) is 21.9. The smallest absolute Gasteiger partial charge is 0.298 e. The van der Waals surface area contributed by atoms with Gasteiger partial charge in [-0.2, -0.15) is 0 Å². The van der Waals surface area contributed by atoms with Gasteiger partial charge in [-0.3, -0.25) is 34.8 Å². The minimum absolute atomic E-state index is 0. The fourth-order valence-electron chi connectivity index (χ4n) is 2.76. The molecular weight excluding hydrogens is 640 g/mol. The average Bonchev–Trinajstić information content (AvgIpc) is 2.91. The van der Waals surface area contributed by atoms with E-state index in [-0.39, 0.29) is 17.1 Å². The molecular formula is C24H27Cl2MnN7O8. The molecule has 0 saturated heterocycles. The van der Waals surface area contributed by atoms with Crippen LogP contribution in [-0.2, 0) is 17.1 Å². The van der Waals surface area contributed by atoms with Crippen molar-refractivity contribution in [2.45, 2.75) is 0 Å². The molecule has 0 amide bonds. The maximum Gasteiger partial charge on any atom is 2.00 e. The number of hydrogen-bond acceptors (Lipinski definition) is 15. The van der Waals surface area contributed by atoms with Crippen molar-refractivity contribution in [2.75, 3.05) is 39.3 Å². The first-order chi connectivity index (χ1) is 19.4. The zero-order valence-corrected chi connectivity index (χ0v) is 24.6. The van der Waals surface area contributed by atoms with Crippen molar-refractivity contribution in [3.05, 3.63) is 90.3 Å². The van der Waals surface area contributed by atoms with E-state index in [9.17, 15) is 0 Å². The van der Waals surface area contributed by atoms with E-state index in [4.69, 9.17) is 37.3 Å². The molecule has 15 nitrogen and oxygen atoms in total. The topological polar surface area (TPSA) is 263 Å². The van der Waals surface area contributed by atoms with Crippen LogP contribution >= 0.6 is 0 Å². The van der Waals surface area contributed by atoms with Gasteiger partial charge in [0.05, 0.1) is 36.7 Å². The number of pyridine rings is 3. The van der Waals surface area contributed by atoms with Crippen LogP contribution in [0.1, 0.15) is 17.1 Å². The molecule has 42 heavy (non-hydrogen) atoms. The SMILES string of the molecule is C(=NCCN(CCN=Cc1ccccn1)CCN=Cc1ccccn1)c1ccccn1.[Mn+2].[O-][Cl+3]([O-])([O-])[O-].[O-][Cl+3]([O-])([O-])[O-]. The Kier molecular flexibility index (Phi) is 21.2. The second kappa shape index (κ2) is 22.8. The fraction of sp³-hybridized carbons (Fsp3) is 0.250. The molecule has 0 aliphatic carbocycles. The predicted octanol–water partition coefficient (Wildman–Crippen LogP) is -6.68. The molecule has 0 aliphatic heterocycles. The molecule has 1 radical (unpaired) electrons. The molecule has 227 valence electrons. The summed E-state index contributed by atoms with van der Waals surface area (Å²) < 4.78 is 67.9. The third-order valence-electron chi connectivity index (χ3n) is 4.37. The summed E-state index contributed by atoms with van der Waals surface area (Å²) in [5, 5.41) is 0. The summed E-state index contributed by atoms with van der Waals surface area (Å²) in [6, 6.07) is 17.4. The van der Waals surface area contributed by atoms with E-state index < -0.39 is 20.5 Å². The fourth-order valence-corrected chi connectivity index (χ4v) is 2.76. The third kappa shape index (κ3) is 27.4. The monoisotopic (exact) mass is 666 g/mol. The molecule has 3 aromatic rings. The maximum atomic E-state index is 8.49. The van der Waals surface area contributed by atoms with E-state index in [0.29, 0.717) is 19.6 Å². The summed E-state index contributed by atoms with van der Waals surface area (Å²) in [7, 11) is -9.89. The van der Waals surface area contributed by atoms with Crippen LogP contribution in [0, 0.1) is 20.5 Å². The molecule has 18 heteroatoms. The van der Waals surface area contributed by atoms with E-state index in [1.165, 1.54) is 0 Å². The van der Waals surface area contributed by atoms with Crippen molar-refractivity contribution in [2.24, 2.45) is 15.0 Å². The van der Waals surface area contributed by atoms with Crippen molar-refractivity contribution in [1.82, 2.24) is 19.9 Å². The van der Waals surface area contributed by atoms with Crippen LogP contribution in [0.2, 0.25) is 0 Å². The van der Waals surface area contributed by atoms with Gasteiger partial charge < -0.3 is 0 Å². The van der Waals surface area contributed by atoms with Gasteiger partial charge >= 0.3 is 17.1 Å². The Morgan fingerprint density at radius 3 is 1.00 bits per heavy atom. The Hall–Kier alpha value is -2.80. The number of halogens is 2. The van der Waals surface area contributed by atoms with Crippen LogP contribution in [0.15, 0.2) is 88.2 Å². The Balaban J connectivity index is 0.00000132. The van der Waals surface area contributed by atoms with Crippen LogP contribution in [0.25, 0.3) is 0 Å².